The third-order valence-corrected chi connectivity index (χ3v) is 2.95. The third-order valence-electron chi connectivity index (χ3n) is 2.14. The summed E-state index contributed by atoms with van der Waals surface area (Å²) in [7, 11) is 0. The Balaban J connectivity index is 0.000000128. The number of hydrogen-bond donors (Lipinski definition) is 0. The molecule has 0 saturated carbocycles. The lowest BCUT2D eigenvalue weighted by molar-refractivity contribution is 1.49. The molecule has 1 heterocycles. The number of para-hydroxylation sites is 1. The van der Waals surface area contributed by atoms with Crippen molar-refractivity contribution in [2.45, 2.75) is 0 Å². The summed E-state index contributed by atoms with van der Waals surface area (Å²) in [5, 5.41) is 8.29. The Morgan fingerprint density at radius 1 is 0.941 bits per heavy atom. The van der Waals surface area contributed by atoms with Gasteiger partial charge in [0.1, 0.15) is 0 Å². The summed E-state index contributed by atoms with van der Waals surface area (Å²) < 4.78 is 1.26. The second-order valence-corrected chi connectivity index (χ2v) is 4.18. The van der Waals surface area contributed by atoms with Crippen LogP contribution in [0.3, 0.4) is 0 Å². The Morgan fingerprint density at radius 3 is 2.29 bits per heavy atom. The Morgan fingerprint density at radius 2 is 1.65 bits per heavy atom. The van der Waals surface area contributed by atoms with Crippen molar-refractivity contribution in [2.24, 2.45) is 0 Å². The van der Waals surface area contributed by atoms with Gasteiger partial charge in [-0.3, -0.25) is 0 Å². The van der Waals surface area contributed by atoms with Crippen LogP contribution in [-0.2, 0) is 0 Å². The molecule has 0 unspecified atom stereocenters. The van der Waals surface area contributed by atoms with E-state index in [0.29, 0.717) is 5.56 Å². The van der Waals surface area contributed by atoms with Crippen LogP contribution in [-0.4, -0.2) is 4.98 Å². The maximum atomic E-state index is 8.29. The number of nitrogens with zero attached hydrogens (tertiary/aromatic N) is 2. The molecule has 0 fully saturated rings. The molecule has 3 aromatic rings. The van der Waals surface area contributed by atoms with Crippen LogP contribution in [0, 0.1) is 11.3 Å². The van der Waals surface area contributed by atoms with Crippen molar-refractivity contribution in [1.82, 2.24) is 4.98 Å². The van der Waals surface area contributed by atoms with Gasteiger partial charge in [0.15, 0.2) is 0 Å². The van der Waals surface area contributed by atoms with E-state index in [1.54, 1.807) is 23.5 Å². The molecule has 2 nitrogen and oxygen atoms in total. The van der Waals surface area contributed by atoms with E-state index < -0.39 is 0 Å². The Labute approximate surface area is 104 Å². The highest BCUT2D eigenvalue weighted by Crippen LogP contribution is 2.15. The Bertz CT molecular complexity index is 593. The minimum Gasteiger partial charge on any atom is -0.245 e. The highest BCUT2D eigenvalue weighted by atomic mass is 32.1. The van der Waals surface area contributed by atoms with Crippen molar-refractivity contribution < 1.29 is 0 Å². The molecule has 0 bridgehead atoms. The number of benzene rings is 2. The predicted octanol–water partition coefficient (Wildman–Crippen LogP) is 3.85. The first-order valence-corrected chi connectivity index (χ1v) is 6.01. The number of thiazole rings is 1. The standard InChI is InChI=1S/C7H5NS.C7H5N/c1-2-4-7-6(3-1)8-5-9-7;8-6-7-4-2-1-3-5-7/h1-5H;1-5H. The monoisotopic (exact) mass is 238 g/mol. The zero-order chi connectivity index (χ0) is 11.9. The molecule has 0 N–H and O–H groups in total. The molecule has 0 aliphatic rings. The maximum absolute atomic E-state index is 8.29. The molecule has 17 heavy (non-hydrogen) atoms. The van der Waals surface area contributed by atoms with Crippen molar-refractivity contribution in [2.75, 3.05) is 0 Å². The summed E-state index contributed by atoms with van der Waals surface area (Å²) in [4.78, 5) is 4.14. The molecule has 2 aromatic carbocycles. The lowest BCUT2D eigenvalue weighted by atomic mass is 10.2. The van der Waals surface area contributed by atoms with Crippen molar-refractivity contribution in [3.63, 3.8) is 0 Å². The van der Waals surface area contributed by atoms with E-state index in [1.807, 2.05) is 48.0 Å². The van der Waals surface area contributed by atoms with Gasteiger partial charge in [0, 0.05) is 0 Å². The van der Waals surface area contributed by atoms with Gasteiger partial charge in [-0.2, -0.15) is 5.26 Å². The number of aromatic nitrogens is 1. The number of hydrogen-bond acceptors (Lipinski definition) is 3. The van der Waals surface area contributed by atoms with E-state index in [-0.39, 0.29) is 0 Å². The van der Waals surface area contributed by atoms with E-state index in [2.05, 4.69) is 11.1 Å². The smallest absolute Gasteiger partial charge is 0.0991 e. The zero-order valence-electron chi connectivity index (χ0n) is 9.08. The molecule has 0 aliphatic heterocycles. The highest BCUT2D eigenvalue weighted by Gasteiger charge is 1.89. The van der Waals surface area contributed by atoms with Gasteiger partial charge in [-0.15, -0.1) is 11.3 Å². The molecule has 0 spiro atoms. The fourth-order valence-corrected chi connectivity index (χ4v) is 1.99. The molecular formula is C14H10N2S. The molecule has 0 amide bonds. The van der Waals surface area contributed by atoms with Crippen LogP contribution >= 0.6 is 11.3 Å². The van der Waals surface area contributed by atoms with Crippen LogP contribution in [0.1, 0.15) is 5.56 Å². The van der Waals surface area contributed by atoms with E-state index in [1.165, 1.54) is 4.70 Å². The van der Waals surface area contributed by atoms with E-state index in [0.717, 1.165) is 5.52 Å². The number of nitriles is 1. The first-order chi connectivity index (χ1) is 8.40. The average molecular weight is 238 g/mol. The summed E-state index contributed by atoms with van der Waals surface area (Å²) >= 11 is 1.68. The molecule has 3 rings (SSSR count). The predicted molar refractivity (Wildman–Crippen MR) is 70.8 cm³/mol. The van der Waals surface area contributed by atoms with Crippen LogP contribution in [0.5, 0.6) is 0 Å². The molecule has 0 aliphatic carbocycles. The van der Waals surface area contributed by atoms with Gasteiger partial charge in [0.2, 0.25) is 0 Å². The van der Waals surface area contributed by atoms with Gasteiger partial charge in [-0.25, -0.2) is 4.98 Å². The summed E-state index contributed by atoms with van der Waals surface area (Å²) in [6.07, 6.45) is 0. The first-order valence-electron chi connectivity index (χ1n) is 5.13. The normalized spacial score (nSPS) is 9.12. The molecule has 82 valence electrons. The van der Waals surface area contributed by atoms with Crippen molar-refractivity contribution in [3.05, 3.63) is 65.7 Å². The lowest BCUT2D eigenvalue weighted by Gasteiger charge is -1.80. The second kappa shape index (κ2) is 5.78. The van der Waals surface area contributed by atoms with Crippen molar-refractivity contribution >= 4 is 21.6 Å². The van der Waals surface area contributed by atoms with Crippen LogP contribution < -0.4 is 0 Å². The minimum absolute atomic E-state index is 0.715. The first kappa shape index (κ1) is 11.3. The number of rotatable bonds is 0. The SMILES string of the molecule is N#Cc1ccccc1.c1ccc2scnc2c1. The maximum Gasteiger partial charge on any atom is 0.0991 e. The summed E-state index contributed by atoms with van der Waals surface area (Å²) in [5.41, 5.74) is 3.68. The molecule has 0 radical (unpaired) electrons. The molecule has 0 saturated heterocycles. The molecule has 3 heteroatoms. The van der Waals surface area contributed by atoms with Crippen LogP contribution in [0.4, 0.5) is 0 Å². The third kappa shape index (κ3) is 3.13. The highest BCUT2D eigenvalue weighted by molar-refractivity contribution is 7.16. The molecule has 0 atom stereocenters. The lowest BCUT2D eigenvalue weighted by Crippen LogP contribution is -1.66. The van der Waals surface area contributed by atoms with E-state index in [4.69, 9.17) is 5.26 Å². The van der Waals surface area contributed by atoms with Gasteiger partial charge in [0.25, 0.3) is 0 Å². The van der Waals surface area contributed by atoms with Crippen molar-refractivity contribution in [1.29, 1.82) is 5.26 Å². The summed E-state index contributed by atoms with van der Waals surface area (Å²) in [6.45, 7) is 0. The fourth-order valence-electron chi connectivity index (χ4n) is 1.32. The quantitative estimate of drug-likeness (QED) is 0.596. The fraction of sp³-hybridized carbons (Fsp3) is 0. The number of fused-ring (bicyclic) bond motifs is 1. The summed E-state index contributed by atoms with van der Waals surface area (Å²) in [5.74, 6) is 0. The van der Waals surface area contributed by atoms with Crippen LogP contribution in [0.2, 0.25) is 0 Å². The van der Waals surface area contributed by atoms with Gasteiger partial charge >= 0.3 is 0 Å². The Hall–Kier alpha value is -2.18. The summed E-state index contributed by atoms with van der Waals surface area (Å²) in [6, 6.07) is 19.3. The Kier molecular flexibility index (Phi) is 3.85. The van der Waals surface area contributed by atoms with Gasteiger partial charge < -0.3 is 0 Å². The second-order valence-electron chi connectivity index (χ2n) is 3.30. The largest absolute Gasteiger partial charge is 0.245 e. The van der Waals surface area contributed by atoms with Crippen molar-refractivity contribution in [3.8, 4) is 6.07 Å². The zero-order valence-corrected chi connectivity index (χ0v) is 9.89. The topological polar surface area (TPSA) is 36.7 Å². The van der Waals surface area contributed by atoms with Gasteiger partial charge in [0.05, 0.1) is 27.4 Å². The van der Waals surface area contributed by atoms with E-state index in [9.17, 15) is 0 Å². The minimum atomic E-state index is 0.715. The molecule has 1 aromatic heterocycles. The van der Waals surface area contributed by atoms with Gasteiger partial charge in [-0.05, 0) is 24.3 Å². The average Bonchev–Trinajstić information content (AvgIpc) is 2.89. The van der Waals surface area contributed by atoms with E-state index >= 15 is 0 Å². The van der Waals surface area contributed by atoms with Crippen LogP contribution in [0.25, 0.3) is 10.2 Å². The van der Waals surface area contributed by atoms with Gasteiger partial charge in [-0.1, -0.05) is 30.3 Å². The molecular weight excluding hydrogens is 228 g/mol. The van der Waals surface area contributed by atoms with Crippen LogP contribution in [0.15, 0.2) is 60.1 Å².